The number of hydrogen-bond acceptors (Lipinski definition) is 8. The summed E-state index contributed by atoms with van der Waals surface area (Å²) in [5, 5.41) is 34.7. The van der Waals surface area contributed by atoms with E-state index in [-0.39, 0.29) is 6.10 Å². The monoisotopic (exact) mass is 411 g/mol. The Morgan fingerprint density at radius 2 is 1.87 bits per heavy atom. The number of aliphatic hydroxyl groups is 2. The predicted molar refractivity (Wildman–Crippen MR) is 113 cm³/mol. The summed E-state index contributed by atoms with van der Waals surface area (Å²) in [6, 6.07) is 4.14. The van der Waals surface area contributed by atoms with Crippen molar-refractivity contribution in [1.29, 1.82) is 0 Å². The zero-order valence-electron chi connectivity index (χ0n) is 17.2. The fourth-order valence-electron chi connectivity index (χ4n) is 6.35. The molecule has 30 heavy (non-hydrogen) atoms. The normalized spacial score (nSPS) is 34.8. The van der Waals surface area contributed by atoms with Gasteiger partial charge >= 0.3 is 0 Å². The van der Waals surface area contributed by atoms with E-state index in [2.05, 4.69) is 25.7 Å². The van der Waals surface area contributed by atoms with Crippen molar-refractivity contribution < 1.29 is 10.2 Å². The minimum atomic E-state index is -0.449. The molecule has 2 unspecified atom stereocenters. The molecule has 1 saturated heterocycles. The number of β-amino-alcohol motifs (C(OH)–C–C–N with tert-alkyl or cyclic N) is 1. The summed E-state index contributed by atoms with van der Waals surface area (Å²) in [6.45, 7) is 3.12. The second-order valence-electron chi connectivity index (χ2n) is 9.92. The number of aromatic amines is 1. The van der Waals surface area contributed by atoms with Crippen LogP contribution in [0.25, 0.3) is 0 Å². The van der Waals surface area contributed by atoms with Crippen LogP contribution in [0.2, 0.25) is 0 Å². The predicted octanol–water partition coefficient (Wildman–Crippen LogP) is 1.78. The number of nitrogens with zero attached hydrogens (tertiary/aromatic N) is 4. The van der Waals surface area contributed by atoms with Crippen molar-refractivity contribution in [1.82, 2.24) is 20.2 Å². The van der Waals surface area contributed by atoms with E-state index < -0.39 is 5.60 Å². The number of anilines is 4. The van der Waals surface area contributed by atoms with Gasteiger partial charge in [0.05, 0.1) is 11.7 Å². The third-order valence-electron chi connectivity index (χ3n) is 7.40. The van der Waals surface area contributed by atoms with Gasteiger partial charge in [-0.15, -0.1) is 0 Å². The lowest BCUT2D eigenvalue weighted by molar-refractivity contribution is -0.129. The van der Waals surface area contributed by atoms with Gasteiger partial charge in [-0.3, -0.25) is 5.10 Å². The van der Waals surface area contributed by atoms with Gasteiger partial charge in [0, 0.05) is 37.0 Å². The lowest BCUT2D eigenvalue weighted by Gasteiger charge is -2.58. The largest absolute Gasteiger partial charge is 0.390 e. The molecule has 1 aliphatic heterocycles. The highest BCUT2D eigenvalue weighted by Crippen LogP contribution is 2.56. The third kappa shape index (κ3) is 3.20. The summed E-state index contributed by atoms with van der Waals surface area (Å²) >= 11 is 0. The maximum absolute atomic E-state index is 10.9. The molecule has 4 aliphatic carbocycles. The van der Waals surface area contributed by atoms with E-state index >= 15 is 0 Å². The molecule has 2 aromatic rings. The maximum Gasteiger partial charge on any atom is 0.226 e. The fraction of sp³-hybridized carbons (Fsp3) is 0.667. The Morgan fingerprint density at radius 3 is 2.50 bits per heavy atom. The molecule has 160 valence electrons. The standard InChI is InChI=1S/C21H29N7O2/c1-11-2-17(27-26-11)22-16-5-18(28-9-15(29)10-28)24-20(23-16)25-19-13-3-12-4-14(19)8-21(30,6-12)7-13/h2,5,12-15,19,29-30H,3-4,6-10H2,1H3,(H3,22,23,24,25,26,27). The Balaban J connectivity index is 1.27. The first-order valence-corrected chi connectivity index (χ1v) is 11.0. The lowest BCUT2D eigenvalue weighted by atomic mass is 9.52. The molecule has 0 spiro atoms. The molecular formula is C21H29N7O2. The zero-order valence-corrected chi connectivity index (χ0v) is 17.2. The van der Waals surface area contributed by atoms with Crippen molar-refractivity contribution in [2.75, 3.05) is 28.6 Å². The van der Waals surface area contributed by atoms with Crippen LogP contribution in [0.3, 0.4) is 0 Å². The fourth-order valence-corrected chi connectivity index (χ4v) is 6.35. The van der Waals surface area contributed by atoms with Crippen molar-refractivity contribution >= 4 is 23.4 Å². The van der Waals surface area contributed by atoms with Crippen LogP contribution < -0.4 is 15.5 Å². The van der Waals surface area contributed by atoms with Crippen LogP contribution in [0.1, 0.15) is 37.8 Å². The van der Waals surface area contributed by atoms with E-state index in [1.54, 1.807) is 0 Å². The molecule has 0 radical (unpaired) electrons. The van der Waals surface area contributed by atoms with Gasteiger partial charge in [-0.05, 0) is 56.8 Å². The van der Waals surface area contributed by atoms with E-state index in [0.717, 1.165) is 30.8 Å². The summed E-state index contributed by atoms with van der Waals surface area (Å²) in [6.07, 6.45) is 4.82. The van der Waals surface area contributed by atoms with Crippen LogP contribution in [-0.4, -0.2) is 61.2 Å². The number of nitrogens with one attached hydrogen (secondary N) is 3. The molecule has 0 amide bonds. The summed E-state index contributed by atoms with van der Waals surface area (Å²) in [5.41, 5.74) is 0.526. The highest BCUT2D eigenvalue weighted by Gasteiger charge is 2.54. The number of aryl methyl sites for hydroxylation is 1. The highest BCUT2D eigenvalue weighted by atomic mass is 16.3. The zero-order chi connectivity index (χ0) is 20.5. The van der Waals surface area contributed by atoms with E-state index in [9.17, 15) is 10.2 Å². The minimum Gasteiger partial charge on any atom is -0.390 e. The maximum atomic E-state index is 10.9. The topological polar surface area (TPSA) is 122 Å². The third-order valence-corrected chi connectivity index (χ3v) is 7.40. The van der Waals surface area contributed by atoms with Crippen LogP contribution in [0, 0.1) is 24.7 Å². The molecule has 0 aromatic carbocycles. The van der Waals surface area contributed by atoms with Crippen molar-refractivity contribution in [3.63, 3.8) is 0 Å². The summed E-state index contributed by atoms with van der Waals surface area (Å²) < 4.78 is 0. The van der Waals surface area contributed by atoms with Crippen LogP contribution >= 0.6 is 0 Å². The van der Waals surface area contributed by atoms with E-state index in [4.69, 9.17) is 9.97 Å². The van der Waals surface area contributed by atoms with Crippen molar-refractivity contribution in [3.05, 3.63) is 17.8 Å². The Bertz CT molecular complexity index is 941. The summed E-state index contributed by atoms with van der Waals surface area (Å²) in [4.78, 5) is 11.5. The van der Waals surface area contributed by atoms with Crippen LogP contribution in [0.5, 0.6) is 0 Å². The lowest BCUT2D eigenvalue weighted by Crippen LogP contribution is -2.59. The molecule has 7 rings (SSSR count). The highest BCUT2D eigenvalue weighted by molar-refractivity contribution is 5.60. The first kappa shape index (κ1) is 18.4. The first-order valence-electron chi connectivity index (χ1n) is 11.0. The van der Waals surface area contributed by atoms with Gasteiger partial charge in [0.2, 0.25) is 5.95 Å². The van der Waals surface area contributed by atoms with Gasteiger partial charge in [-0.2, -0.15) is 15.1 Å². The van der Waals surface area contributed by atoms with Crippen LogP contribution in [-0.2, 0) is 0 Å². The average molecular weight is 412 g/mol. The molecule has 9 heteroatoms. The minimum absolute atomic E-state index is 0.299. The Morgan fingerprint density at radius 1 is 1.10 bits per heavy atom. The van der Waals surface area contributed by atoms with Gasteiger partial charge < -0.3 is 25.7 Å². The van der Waals surface area contributed by atoms with Gasteiger partial charge in [0.15, 0.2) is 5.82 Å². The van der Waals surface area contributed by atoms with Gasteiger partial charge in [0.1, 0.15) is 11.6 Å². The molecule has 4 saturated carbocycles. The molecule has 9 nitrogen and oxygen atoms in total. The van der Waals surface area contributed by atoms with E-state index in [0.29, 0.717) is 54.5 Å². The number of aromatic nitrogens is 4. The van der Waals surface area contributed by atoms with E-state index in [1.165, 1.54) is 12.8 Å². The van der Waals surface area contributed by atoms with E-state index in [1.807, 2.05) is 19.1 Å². The molecular weight excluding hydrogens is 382 g/mol. The average Bonchev–Trinajstić information content (AvgIpc) is 3.05. The summed E-state index contributed by atoms with van der Waals surface area (Å²) in [5.74, 6) is 4.42. The molecule has 3 heterocycles. The number of aliphatic hydroxyl groups excluding tert-OH is 1. The summed E-state index contributed by atoms with van der Waals surface area (Å²) in [7, 11) is 0. The number of rotatable bonds is 5. The van der Waals surface area contributed by atoms with Crippen molar-refractivity contribution in [2.24, 2.45) is 17.8 Å². The molecule has 2 atom stereocenters. The van der Waals surface area contributed by atoms with Gasteiger partial charge in [-0.1, -0.05) is 0 Å². The number of hydrogen-bond donors (Lipinski definition) is 5. The SMILES string of the molecule is Cc1cc(Nc2cc(N3CC(O)C3)nc(NC3C4CC5CC3CC(O)(C5)C4)n2)n[nH]1. The molecule has 5 N–H and O–H groups in total. The second kappa shape index (κ2) is 6.55. The Hall–Kier alpha value is -2.39. The Kier molecular flexibility index (Phi) is 4.02. The molecule has 2 aromatic heterocycles. The second-order valence-corrected chi connectivity index (χ2v) is 9.92. The quantitative estimate of drug-likeness (QED) is 0.505. The van der Waals surface area contributed by atoms with Gasteiger partial charge in [-0.25, -0.2) is 0 Å². The molecule has 4 bridgehead atoms. The van der Waals surface area contributed by atoms with Gasteiger partial charge in [0.25, 0.3) is 0 Å². The van der Waals surface area contributed by atoms with Crippen molar-refractivity contribution in [3.8, 4) is 0 Å². The first-order chi connectivity index (χ1) is 14.4. The molecule has 5 aliphatic rings. The smallest absolute Gasteiger partial charge is 0.226 e. The Labute approximate surface area is 175 Å². The van der Waals surface area contributed by atoms with Crippen LogP contribution in [0.4, 0.5) is 23.4 Å². The van der Waals surface area contributed by atoms with Crippen LogP contribution in [0.15, 0.2) is 12.1 Å². The van der Waals surface area contributed by atoms with Crippen molar-refractivity contribution in [2.45, 2.75) is 56.8 Å². The molecule has 5 fully saturated rings. The number of H-pyrrole nitrogens is 1.